The first-order valence-corrected chi connectivity index (χ1v) is 7.11. The lowest BCUT2D eigenvalue weighted by Gasteiger charge is -2.41. The van der Waals surface area contributed by atoms with E-state index in [9.17, 15) is 0 Å². The van der Waals surface area contributed by atoms with Gasteiger partial charge in [0.15, 0.2) is 5.76 Å². The smallest absolute Gasteiger partial charge is 0.150 e. The van der Waals surface area contributed by atoms with Crippen molar-refractivity contribution in [1.82, 2.24) is 15.4 Å². The Balaban J connectivity index is 1.99. The highest BCUT2D eigenvalue weighted by Gasteiger charge is 2.29. The van der Waals surface area contributed by atoms with Gasteiger partial charge in [0.25, 0.3) is 0 Å². The van der Waals surface area contributed by atoms with Crippen LogP contribution in [-0.2, 0) is 6.54 Å². The van der Waals surface area contributed by atoms with Crippen molar-refractivity contribution in [3.63, 3.8) is 0 Å². The van der Waals surface area contributed by atoms with Gasteiger partial charge in [-0.2, -0.15) is 0 Å². The molecule has 2 heterocycles. The highest BCUT2D eigenvalue weighted by molar-refractivity contribution is 4.96. The van der Waals surface area contributed by atoms with Crippen LogP contribution in [0.15, 0.2) is 16.8 Å². The van der Waals surface area contributed by atoms with E-state index in [4.69, 9.17) is 4.52 Å². The first-order chi connectivity index (χ1) is 8.74. The Morgan fingerprint density at radius 2 is 2.39 bits per heavy atom. The molecule has 0 spiro atoms. The van der Waals surface area contributed by atoms with E-state index < -0.39 is 0 Å². The van der Waals surface area contributed by atoms with E-state index in [1.54, 1.807) is 6.20 Å². The Hall–Kier alpha value is -0.870. The molecule has 0 aromatic carbocycles. The van der Waals surface area contributed by atoms with Gasteiger partial charge in [-0.3, -0.25) is 4.90 Å². The molecule has 2 rings (SSSR count). The van der Waals surface area contributed by atoms with Crippen molar-refractivity contribution in [3.8, 4) is 0 Å². The van der Waals surface area contributed by atoms with Crippen molar-refractivity contribution in [1.29, 1.82) is 0 Å². The van der Waals surface area contributed by atoms with Crippen LogP contribution in [0.3, 0.4) is 0 Å². The molecule has 1 aromatic heterocycles. The molecular weight excluding hydrogens is 226 g/mol. The minimum atomic E-state index is 0.598. The lowest BCUT2D eigenvalue weighted by Crippen LogP contribution is -2.57. The molecule has 18 heavy (non-hydrogen) atoms. The Morgan fingerprint density at radius 3 is 3.00 bits per heavy atom. The Labute approximate surface area is 110 Å². The van der Waals surface area contributed by atoms with Gasteiger partial charge < -0.3 is 9.84 Å². The second-order valence-corrected chi connectivity index (χ2v) is 5.37. The lowest BCUT2D eigenvalue weighted by atomic mass is 9.95. The molecule has 0 bridgehead atoms. The average Bonchev–Trinajstić information content (AvgIpc) is 2.90. The highest BCUT2D eigenvalue weighted by atomic mass is 16.5. The molecule has 1 aromatic rings. The highest BCUT2D eigenvalue weighted by Crippen LogP contribution is 2.19. The largest absolute Gasteiger partial charge is 0.360 e. The summed E-state index contributed by atoms with van der Waals surface area (Å²) in [4.78, 5) is 2.54. The van der Waals surface area contributed by atoms with Gasteiger partial charge in [0.2, 0.25) is 0 Å². The zero-order valence-electron chi connectivity index (χ0n) is 11.7. The van der Waals surface area contributed by atoms with Gasteiger partial charge in [-0.15, -0.1) is 0 Å². The third-order valence-electron chi connectivity index (χ3n) is 4.22. The summed E-state index contributed by atoms with van der Waals surface area (Å²) >= 11 is 0. The summed E-state index contributed by atoms with van der Waals surface area (Å²) in [6.07, 6.45) is 4.13. The van der Waals surface area contributed by atoms with Crippen LogP contribution in [0.2, 0.25) is 0 Å². The molecule has 0 amide bonds. The molecular formula is C14H25N3O. The van der Waals surface area contributed by atoms with Gasteiger partial charge in [-0.1, -0.05) is 32.3 Å². The van der Waals surface area contributed by atoms with E-state index in [-0.39, 0.29) is 0 Å². The van der Waals surface area contributed by atoms with Gasteiger partial charge in [0, 0.05) is 31.2 Å². The first-order valence-electron chi connectivity index (χ1n) is 7.11. The minimum Gasteiger partial charge on any atom is -0.360 e. The molecule has 1 aliphatic heterocycles. The topological polar surface area (TPSA) is 41.3 Å². The number of aromatic nitrogens is 1. The Morgan fingerprint density at radius 1 is 1.56 bits per heavy atom. The molecule has 4 nitrogen and oxygen atoms in total. The number of nitrogens with zero attached hydrogens (tertiary/aromatic N) is 2. The SMILES string of the molecule is CCC(C)C1CN(Cc2ccno2)C(CC)CN1. The van der Waals surface area contributed by atoms with Crippen LogP contribution in [0.25, 0.3) is 0 Å². The summed E-state index contributed by atoms with van der Waals surface area (Å²) in [5.41, 5.74) is 0. The summed E-state index contributed by atoms with van der Waals surface area (Å²) in [7, 11) is 0. The van der Waals surface area contributed by atoms with Crippen molar-refractivity contribution >= 4 is 0 Å². The fourth-order valence-electron chi connectivity index (χ4n) is 2.67. The lowest BCUT2D eigenvalue weighted by molar-refractivity contribution is 0.0900. The van der Waals surface area contributed by atoms with Gasteiger partial charge >= 0.3 is 0 Å². The van der Waals surface area contributed by atoms with Crippen molar-refractivity contribution in [3.05, 3.63) is 18.0 Å². The van der Waals surface area contributed by atoms with Gasteiger partial charge in [0.1, 0.15) is 0 Å². The summed E-state index contributed by atoms with van der Waals surface area (Å²) in [5, 5.41) is 7.48. The maximum absolute atomic E-state index is 5.24. The summed E-state index contributed by atoms with van der Waals surface area (Å²) in [5.74, 6) is 1.69. The standard InChI is InChI=1S/C14H25N3O/c1-4-11(3)14-10-17(12(5-2)8-15-14)9-13-6-7-16-18-13/h6-7,11-12,14-15H,4-5,8-10H2,1-3H3. The van der Waals surface area contributed by atoms with Gasteiger partial charge in [-0.25, -0.2) is 0 Å². The zero-order valence-corrected chi connectivity index (χ0v) is 11.7. The van der Waals surface area contributed by atoms with Crippen LogP contribution in [0.5, 0.6) is 0 Å². The second kappa shape index (κ2) is 6.34. The monoisotopic (exact) mass is 251 g/mol. The third kappa shape index (κ3) is 3.12. The fourth-order valence-corrected chi connectivity index (χ4v) is 2.67. The van der Waals surface area contributed by atoms with Gasteiger partial charge in [-0.05, 0) is 12.3 Å². The minimum absolute atomic E-state index is 0.598. The molecule has 0 radical (unpaired) electrons. The van der Waals surface area contributed by atoms with Crippen molar-refractivity contribution in [2.45, 2.75) is 52.2 Å². The van der Waals surface area contributed by atoms with Crippen LogP contribution in [0.1, 0.15) is 39.4 Å². The van der Waals surface area contributed by atoms with E-state index >= 15 is 0 Å². The summed E-state index contributed by atoms with van der Waals surface area (Å²) in [6.45, 7) is 9.92. The zero-order chi connectivity index (χ0) is 13.0. The number of piperazine rings is 1. The second-order valence-electron chi connectivity index (χ2n) is 5.37. The van der Waals surface area contributed by atoms with Crippen LogP contribution < -0.4 is 5.32 Å². The van der Waals surface area contributed by atoms with Crippen LogP contribution in [-0.4, -0.2) is 35.2 Å². The van der Waals surface area contributed by atoms with E-state index in [1.807, 2.05) is 6.07 Å². The summed E-state index contributed by atoms with van der Waals surface area (Å²) < 4.78 is 5.24. The Kier molecular flexibility index (Phi) is 4.78. The molecule has 1 saturated heterocycles. The molecule has 1 aliphatic rings. The maximum atomic E-state index is 5.24. The number of hydrogen-bond acceptors (Lipinski definition) is 4. The Bertz CT molecular complexity index is 339. The van der Waals surface area contributed by atoms with Crippen molar-refractivity contribution in [2.75, 3.05) is 13.1 Å². The number of nitrogens with one attached hydrogen (secondary N) is 1. The van der Waals surface area contributed by atoms with E-state index in [1.165, 1.54) is 12.8 Å². The quantitative estimate of drug-likeness (QED) is 0.871. The van der Waals surface area contributed by atoms with E-state index in [0.29, 0.717) is 12.1 Å². The van der Waals surface area contributed by atoms with Crippen molar-refractivity contribution < 1.29 is 4.52 Å². The molecule has 3 atom stereocenters. The number of rotatable bonds is 5. The van der Waals surface area contributed by atoms with E-state index in [2.05, 4.69) is 36.1 Å². The van der Waals surface area contributed by atoms with E-state index in [0.717, 1.165) is 31.3 Å². The molecule has 3 unspecified atom stereocenters. The average molecular weight is 251 g/mol. The first kappa shape index (κ1) is 13.6. The van der Waals surface area contributed by atoms with Gasteiger partial charge in [0.05, 0.1) is 12.7 Å². The summed E-state index contributed by atoms with van der Waals surface area (Å²) in [6, 6.07) is 3.17. The third-order valence-corrected chi connectivity index (χ3v) is 4.22. The molecule has 0 saturated carbocycles. The molecule has 1 N–H and O–H groups in total. The predicted molar refractivity (Wildman–Crippen MR) is 72.2 cm³/mol. The normalized spacial score (nSPS) is 27.3. The van der Waals surface area contributed by atoms with Crippen LogP contribution >= 0.6 is 0 Å². The molecule has 102 valence electrons. The fraction of sp³-hybridized carbons (Fsp3) is 0.786. The molecule has 0 aliphatic carbocycles. The van der Waals surface area contributed by atoms with Crippen molar-refractivity contribution in [2.24, 2.45) is 5.92 Å². The van der Waals surface area contributed by atoms with Crippen LogP contribution in [0.4, 0.5) is 0 Å². The predicted octanol–water partition coefficient (Wildman–Crippen LogP) is 2.27. The van der Waals surface area contributed by atoms with Crippen LogP contribution in [0, 0.1) is 5.92 Å². The maximum Gasteiger partial charge on any atom is 0.150 e. The molecule has 1 fully saturated rings. The molecule has 4 heteroatoms. The number of hydrogen-bond donors (Lipinski definition) is 1.